The minimum atomic E-state index is -0.985. The van der Waals surface area contributed by atoms with Gasteiger partial charge in [-0.2, -0.15) is 0 Å². The number of ether oxygens (including phenoxy) is 1. The van der Waals surface area contributed by atoms with E-state index in [1.54, 1.807) is 45.3 Å². The summed E-state index contributed by atoms with van der Waals surface area (Å²) in [6.07, 6.45) is 1.58. The molecule has 8 nitrogen and oxygen atoms in total. The second-order valence-corrected chi connectivity index (χ2v) is 7.12. The Kier molecular flexibility index (Phi) is 4.97. The van der Waals surface area contributed by atoms with Crippen LogP contribution in [-0.2, 0) is 28.4 Å². The maximum Gasteiger partial charge on any atom is 0.329 e. The maximum absolute atomic E-state index is 12.6. The van der Waals surface area contributed by atoms with E-state index in [1.807, 2.05) is 0 Å². The molecule has 1 aromatic carbocycles. The Morgan fingerprint density at radius 1 is 1.19 bits per heavy atom. The number of nitrogens with zero attached hydrogens (tertiary/aromatic N) is 3. The third-order valence-corrected chi connectivity index (χ3v) is 5.32. The number of carbonyl (C=O) groups is 3. The lowest BCUT2D eigenvalue weighted by molar-refractivity contribution is -0.150. The lowest BCUT2D eigenvalue weighted by atomic mass is 10.1. The van der Waals surface area contributed by atoms with Crippen LogP contribution in [0.25, 0.3) is 17.1 Å². The molecule has 2 heterocycles. The summed E-state index contributed by atoms with van der Waals surface area (Å²) in [6, 6.07) is 4.35. The molecule has 2 amide bonds. The van der Waals surface area contributed by atoms with E-state index in [0.29, 0.717) is 5.56 Å². The number of imide groups is 1. The summed E-state index contributed by atoms with van der Waals surface area (Å²) in [6.45, 7) is 3.29. The van der Waals surface area contributed by atoms with Crippen molar-refractivity contribution in [3.05, 3.63) is 39.2 Å². The van der Waals surface area contributed by atoms with Crippen LogP contribution >= 0.6 is 11.8 Å². The minimum Gasteiger partial charge on any atom is -0.464 e. The van der Waals surface area contributed by atoms with E-state index < -0.39 is 23.2 Å². The molecule has 1 aliphatic heterocycles. The number of amides is 2. The quantitative estimate of drug-likeness (QED) is 0.586. The van der Waals surface area contributed by atoms with E-state index in [1.165, 1.54) is 16.1 Å². The molecule has 2 aromatic rings. The molecule has 0 saturated carbocycles. The van der Waals surface area contributed by atoms with Crippen LogP contribution in [0.4, 0.5) is 4.79 Å². The lowest BCUT2D eigenvalue weighted by Crippen LogP contribution is -2.42. The molecule has 1 fully saturated rings. The van der Waals surface area contributed by atoms with E-state index in [-0.39, 0.29) is 17.2 Å². The van der Waals surface area contributed by atoms with Gasteiger partial charge in [-0.05, 0) is 49.4 Å². The number of aryl methyl sites for hydroxylation is 2. The van der Waals surface area contributed by atoms with Crippen LogP contribution in [0.2, 0.25) is 0 Å². The fourth-order valence-electron chi connectivity index (χ4n) is 2.95. The Hall–Kier alpha value is -2.81. The number of carbonyl (C=O) groups excluding carboxylic acids is 3. The van der Waals surface area contributed by atoms with Gasteiger partial charge in [-0.25, -0.2) is 9.59 Å². The van der Waals surface area contributed by atoms with Crippen LogP contribution in [0.1, 0.15) is 19.4 Å². The zero-order valence-corrected chi connectivity index (χ0v) is 16.2. The summed E-state index contributed by atoms with van der Waals surface area (Å²) < 4.78 is 7.94. The first-order valence-electron chi connectivity index (χ1n) is 8.35. The van der Waals surface area contributed by atoms with E-state index in [2.05, 4.69) is 0 Å². The van der Waals surface area contributed by atoms with Gasteiger partial charge in [-0.3, -0.25) is 23.6 Å². The number of hydrogen-bond donors (Lipinski definition) is 0. The number of imidazole rings is 1. The summed E-state index contributed by atoms with van der Waals surface area (Å²) in [5.74, 6) is -1.16. The number of rotatable bonds is 4. The third kappa shape index (κ3) is 3.18. The van der Waals surface area contributed by atoms with Crippen molar-refractivity contribution < 1.29 is 19.1 Å². The molecule has 1 saturated heterocycles. The number of aromatic nitrogens is 2. The number of thioether (sulfide) groups is 1. The first-order valence-corrected chi connectivity index (χ1v) is 9.17. The standard InChI is InChI=1S/C18H19N3O5S/c1-5-26-16(23)10(2)21-15(22)14(27-18(21)25)9-11-6-7-12-13(8-11)20(4)17(24)19(12)3/h6-10H,5H2,1-4H3/b14-9+/t10-/m0/s1. The first-order chi connectivity index (χ1) is 12.8. The SMILES string of the molecule is CCOC(=O)[C@H](C)N1C(=O)S/C(=C/c2ccc3c(c2)n(C)c(=O)n3C)C1=O. The highest BCUT2D eigenvalue weighted by atomic mass is 32.2. The minimum absolute atomic E-state index is 0.147. The molecular formula is C18H19N3O5S. The summed E-state index contributed by atoms with van der Waals surface area (Å²) >= 11 is 0.775. The molecule has 0 aliphatic carbocycles. The van der Waals surface area contributed by atoms with Crippen molar-refractivity contribution in [3.8, 4) is 0 Å². The Bertz CT molecular complexity index is 1050. The summed E-state index contributed by atoms with van der Waals surface area (Å²) in [5.41, 5.74) is 2.02. The smallest absolute Gasteiger partial charge is 0.329 e. The van der Waals surface area contributed by atoms with Gasteiger partial charge >= 0.3 is 11.7 Å². The number of hydrogen-bond acceptors (Lipinski definition) is 6. The van der Waals surface area contributed by atoms with Crippen molar-refractivity contribution in [2.24, 2.45) is 14.1 Å². The van der Waals surface area contributed by atoms with Gasteiger partial charge in [0.05, 0.1) is 22.5 Å². The van der Waals surface area contributed by atoms with Gasteiger partial charge in [0.2, 0.25) is 0 Å². The second kappa shape index (κ2) is 7.07. The average Bonchev–Trinajstić information content (AvgIpc) is 3.03. The van der Waals surface area contributed by atoms with Crippen molar-refractivity contribution in [1.29, 1.82) is 0 Å². The Balaban J connectivity index is 1.94. The topological polar surface area (TPSA) is 90.6 Å². The van der Waals surface area contributed by atoms with E-state index in [0.717, 1.165) is 27.7 Å². The molecule has 27 heavy (non-hydrogen) atoms. The van der Waals surface area contributed by atoms with Crippen molar-refractivity contribution in [2.75, 3.05) is 6.61 Å². The van der Waals surface area contributed by atoms with Gasteiger partial charge in [0.1, 0.15) is 6.04 Å². The molecule has 3 rings (SSSR count). The van der Waals surface area contributed by atoms with Crippen molar-refractivity contribution in [2.45, 2.75) is 19.9 Å². The molecule has 1 atom stereocenters. The summed E-state index contributed by atoms with van der Waals surface area (Å²) in [5, 5.41) is -0.514. The lowest BCUT2D eigenvalue weighted by Gasteiger charge is -2.19. The van der Waals surface area contributed by atoms with Crippen LogP contribution < -0.4 is 5.69 Å². The van der Waals surface area contributed by atoms with Gasteiger partial charge in [0.15, 0.2) is 0 Å². The number of fused-ring (bicyclic) bond motifs is 1. The zero-order chi connectivity index (χ0) is 19.9. The van der Waals surface area contributed by atoms with Crippen LogP contribution in [0.5, 0.6) is 0 Å². The molecule has 0 spiro atoms. The van der Waals surface area contributed by atoms with Crippen LogP contribution in [0, 0.1) is 0 Å². The summed E-state index contributed by atoms with van der Waals surface area (Å²) in [7, 11) is 3.36. The molecule has 0 N–H and O–H groups in total. The average molecular weight is 389 g/mol. The maximum atomic E-state index is 12.6. The summed E-state index contributed by atoms with van der Waals surface area (Å²) in [4.78, 5) is 49.9. The van der Waals surface area contributed by atoms with Gasteiger partial charge in [0, 0.05) is 14.1 Å². The van der Waals surface area contributed by atoms with Crippen molar-refractivity contribution in [3.63, 3.8) is 0 Å². The molecule has 1 aliphatic rings. The first kappa shape index (κ1) is 19.0. The monoisotopic (exact) mass is 389 g/mol. The van der Waals surface area contributed by atoms with Crippen LogP contribution in [0.15, 0.2) is 27.9 Å². The van der Waals surface area contributed by atoms with E-state index >= 15 is 0 Å². The number of esters is 1. The zero-order valence-electron chi connectivity index (χ0n) is 15.4. The molecule has 0 unspecified atom stereocenters. The van der Waals surface area contributed by atoms with E-state index in [9.17, 15) is 19.2 Å². The molecule has 1 aromatic heterocycles. The molecular weight excluding hydrogens is 370 g/mol. The Labute approximate surface area is 159 Å². The highest BCUT2D eigenvalue weighted by Crippen LogP contribution is 2.34. The molecule has 0 radical (unpaired) electrons. The third-order valence-electron chi connectivity index (χ3n) is 4.43. The highest BCUT2D eigenvalue weighted by Gasteiger charge is 2.41. The van der Waals surface area contributed by atoms with Gasteiger partial charge in [0.25, 0.3) is 11.1 Å². The van der Waals surface area contributed by atoms with Crippen molar-refractivity contribution in [1.82, 2.24) is 14.0 Å². The Morgan fingerprint density at radius 2 is 1.85 bits per heavy atom. The van der Waals surface area contributed by atoms with Gasteiger partial charge in [-0.15, -0.1) is 0 Å². The number of benzene rings is 1. The normalized spacial score (nSPS) is 17.2. The second-order valence-electron chi connectivity index (χ2n) is 6.13. The molecule has 9 heteroatoms. The van der Waals surface area contributed by atoms with Gasteiger partial charge < -0.3 is 4.74 Å². The largest absolute Gasteiger partial charge is 0.464 e. The van der Waals surface area contributed by atoms with Crippen LogP contribution in [-0.4, -0.2) is 43.8 Å². The van der Waals surface area contributed by atoms with Gasteiger partial charge in [-0.1, -0.05) is 6.07 Å². The highest BCUT2D eigenvalue weighted by molar-refractivity contribution is 8.18. The Morgan fingerprint density at radius 3 is 2.52 bits per heavy atom. The van der Waals surface area contributed by atoms with Crippen molar-refractivity contribution >= 4 is 46.0 Å². The predicted molar refractivity (Wildman–Crippen MR) is 102 cm³/mol. The molecule has 0 bridgehead atoms. The molecule has 142 valence electrons. The van der Waals surface area contributed by atoms with Crippen LogP contribution in [0.3, 0.4) is 0 Å². The predicted octanol–water partition coefficient (Wildman–Crippen LogP) is 1.86. The van der Waals surface area contributed by atoms with E-state index in [4.69, 9.17) is 4.74 Å². The fraction of sp³-hybridized carbons (Fsp3) is 0.333. The fourth-order valence-corrected chi connectivity index (χ4v) is 3.86.